The van der Waals surface area contributed by atoms with Crippen LogP contribution < -0.4 is 10.5 Å². The van der Waals surface area contributed by atoms with Gasteiger partial charge in [0.25, 0.3) is 0 Å². The maximum absolute atomic E-state index is 12.4. The van der Waals surface area contributed by atoms with Gasteiger partial charge in [-0.3, -0.25) is 0 Å². The Hall–Kier alpha value is -0.620. The van der Waals surface area contributed by atoms with Gasteiger partial charge < -0.3 is 5.73 Å². The number of sulfonamides is 1. The van der Waals surface area contributed by atoms with Crippen LogP contribution in [0.1, 0.15) is 39.2 Å². The number of rotatable bonds is 7. The number of hydrogen-bond donors (Lipinski definition) is 2. The summed E-state index contributed by atoms with van der Waals surface area (Å²) in [5, 5.41) is 0.486. The Morgan fingerprint density at radius 2 is 1.90 bits per heavy atom. The minimum atomic E-state index is -3.54. The minimum Gasteiger partial charge on any atom is -0.326 e. The molecule has 0 aliphatic rings. The van der Waals surface area contributed by atoms with Crippen molar-refractivity contribution in [3.05, 3.63) is 28.8 Å². The van der Waals surface area contributed by atoms with E-state index < -0.39 is 10.0 Å². The van der Waals surface area contributed by atoms with Gasteiger partial charge in [0.05, 0.1) is 4.90 Å². The largest absolute Gasteiger partial charge is 0.326 e. The van der Waals surface area contributed by atoms with Crippen LogP contribution in [-0.2, 0) is 16.6 Å². The van der Waals surface area contributed by atoms with Crippen molar-refractivity contribution in [3.8, 4) is 0 Å². The van der Waals surface area contributed by atoms with Crippen molar-refractivity contribution in [2.75, 3.05) is 0 Å². The van der Waals surface area contributed by atoms with Gasteiger partial charge in [0.1, 0.15) is 0 Å². The fraction of sp³-hybridized carbons (Fsp3) is 0.571. The van der Waals surface area contributed by atoms with Gasteiger partial charge in [0.2, 0.25) is 10.0 Å². The molecule has 4 nitrogen and oxygen atoms in total. The van der Waals surface area contributed by atoms with E-state index in [4.69, 9.17) is 17.3 Å². The van der Waals surface area contributed by atoms with Crippen molar-refractivity contribution >= 4 is 21.6 Å². The molecule has 0 fully saturated rings. The highest BCUT2D eigenvalue weighted by Gasteiger charge is 2.22. The lowest BCUT2D eigenvalue weighted by molar-refractivity contribution is 0.390. The fourth-order valence-electron chi connectivity index (χ4n) is 2.28. The van der Waals surface area contributed by atoms with Gasteiger partial charge in [-0.05, 0) is 36.6 Å². The van der Waals surface area contributed by atoms with Crippen molar-refractivity contribution in [2.24, 2.45) is 11.7 Å². The molecule has 114 valence electrons. The van der Waals surface area contributed by atoms with Crippen molar-refractivity contribution in [2.45, 2.75) is 51.1 Å². The lowest BCUT2D eigenvalue weighted by Crippen LogP contribution is -2.37. The summed E-state index contributed by atoms with van der Waals surface area (Å²) in [6, 6.07) is 4.50. The van der Waals surface area contributed by atoms with E-state index in [1.807, 2.05) is 6.92 Å². The predicted octanol–water partition coefficient (Wildman–Crippen LogP) is 2.90. The van der Waals surface area contributed by atoms with Crippen LogP contribution in [0.2, 0.25) is 5.02 Å². The molecule has 6 heteroatoms. The average molecular weight is 319 g/mol. The van der Waals surface area contributed by atoms with E-state index in [2.05, 4.69) is 18.6 Å². The first-order valence-electron chi connectivity index (χ1n) is 6.86. The van der Waals surface area contributed by atoms with Crippen LogP contribution in [0.4, 0.5) is 0 Å². The molecular weight excluding hydrogens is 296 g/mol. The highest BCUT2D eigenvalue weighted by Crippen LogP contribution is 2.21. The molecule has 1 unspecified atom stereocenters. The Kier molecular flexibility index (Phi) is 6.45. The van der Waals surface area contributed by atoms with E-state index in [9.17, 15) is 8.42 Å². The number of nitrogens with two attached hydrogens (primary N) is 1. The summed E-state index contributed by atoms with van der Waals surface area (Å²) in [6.07, 6.45) is 1.88. The van der Waals surface area contributed by atoms with Crippen molar-refractivity contribution in [1.82, 2.24) is 4.72 Å². The van der Waals surface area contributed by atoms with Gasteiger partial charge in [-0.25, -0.2) is 13.1 Å². The molecule has 0 radical (unpaired) electrons. The summed E-state index contributed by atoms with van der Waals surface area (Å²) >= 11 is 5.95. The van der Waals surface area contributed by atoms with Gasteiger partial charge in [-0.1, -0.05) is 38.3 Å². The zero-order valence-corrected chi connectivity index (χ0v) is 13.8. The maximum atomic E-state index is 12.4. The van der Waals surface area contributed by atoms with Crippen molar-refractivity contribution < 1.29 is 8.42 Å². The highest BCUT2D eigenvalue weighted by molar-refractivity contribution is 7.89. The normalized spacial score (nSPS) is 13.7. The molecule has 0 aliphatic heterocycles. The van der Waals surface area contributed by atoms with Gasteiger partial charge in [-0.15, -0.1) is 0 Å². The zero-order valence-electron chi connectivity index (χ0n) is 12.2. The monoisotopic (exact) mass is 318 g/mol. The molecule has 1 rings (SSSR count). The van der Waals surface area contributed by atoms with E-state index in [1.165, 1.54) is 12.1 Å². The molecule has 0 amide bonds. The summed E-state index contributed by atoms with van der Waals surface area (Å²) in [7, 11) is -3.54. The summed E-state index contributed by atoms with van der Waals surface area (Å²) in [4.78, 5) is 0.208. The van der Waals surface area contributed by atoms with E-state index in [0.29, 0.717) is 16.5 Å². The minimum absolute atomic E-state index is 0.105. The summed E-state index contributed by atoms with van der Waals surface area (Å²) in [5.41, 5.74) is 6.19. The molecule has 0 heterocycles. The molecule has 0 aliphatic carbocycles. The van der Waals surface area contributed by atoms with Crippen LogP contribution in [0.5, 0.6) is 0 Å². The molecule has 1 atom stereocenters. The Bertz CT molecular complexity index is 542. The second-order valence-corrected chi connectivity index (χ2v) is 7.07. The first kappa shape index (κ1) is 17.4. The predicted molar refractivity (Wildman–Crippen MR) is 83.2 cm³/mol. The number of hydrogen-bond acceptors (Lipinski definition) is 3. The van der Waals surface area contributed by atoms with Crippen LogP contribution in [0.3, 0.4) is 0 Å². The van der Waals surface area contributed by atoms with E-state index >= 15 is 0 Å². The molecule has 1 aromatic rings. The van der Waals surface area contributed by atoms with Crippen LogP contribution in [0, 0.1) is 5.92 Å². The smallest absolute Gasteiger partial charge is 0.240 e. The molecular formula is C14H23ClN2O2S. The first-order valence-corrected chi connectivity index (χ1v) is 8.72. The summed E-state index contributed by atoms with van der Waals surface area (Å²) in [5.74, 6) is 0.325. The zero-order chi connectivity index (χ0) is 15.3. The molecule has 20 heavy (non-hydrogen) atoms. The highest BCUT2D eigenvalue weighted by atomic mass is 35.5. The van der Waals surface area contributed by atoms with Gasteiger partial charge in [0.15, 0.2) is 0 Å². The van der Waals surface area contributed by atoms with Gasteiger partial charge in [0, 0.05) is 17.6 Å². The van der Waals surface area contributed by atoms with E-state index in [-0.39, 0.29) is 17.5 Å². The third kappa shape index (κ3) is 4.19. The molecule has 0 spiro atoms. The van der Waals surface area contributed by atoms with E-state index in [1.54, 1.807) is 6.07 Å². The van der Waals surface area contributed by atoms with Crippen molar-refractivity contribution in [1.29, 1.82) is 0 Å². The second-order valence-electron chi connectivity index (χ2n) is 4.94. The molecule has 0 saturated heterocycles. The lowest BCUT2D eigenvalue weighted by atomic mass is 9.96. The van der Waals surface area contributed by atoms with E-state index in [0.717, 1.165) is 12.8 Å². The SMILES string of the molecule is CCC(CC)C(C)NS(=O)(=O)c1ccc(Cl)c(CN)c1. The second kappa shape index (κ2) is 7.41. The summed E-state index contributed by atoms with van der Waals surface area (Å²) < 4.78 is 27.5. The Morgan fingerprint density at radius 1 is 1.30 bits per heavy atom. The molecule has 1 aromatic carbocycles. The molecule has 0 bridgehead atoms. The van der Waals surface area contributed by atoms with Crippen LogP contribution in [-0.4, -0.2) is 14.5 Å². The van der Waals surface area contributed by atoms with Gasteiger partial charge in [-0.2, -0.15) is 0 Å². The van der Waals surface area contributed by atoms with Crippen molar-refractivity contribution in [3.63, 3.8) is 0 Å². The van der Waals surface area contributed by atoms with Crippen LogP contribution >= 0.6 is 11.6 Å². The Balaban J connectivity index is 2.99. The van der Waals surface area contributed by atoms with Crippen LogP contribution in [0.25, 0.3) is 0 Å². The third-order valence-electron chi connectivity index (χ3n) is 3.64. The number of halogens is 1. The maximum Gasteiger partial charge on any atom is 0.240 e. The number of nitrogens with one attached hydrogen (secondary N) is 1. The Morgan fingerprint density at radius 3 is 2.40 bits per heavy atom. The summed E-state index contributed by atoms with van der Waals surface area (Å²) in [6.45, 7) is 6.24. The van der Waals surface area contributed by atoms with Gasteiger partial charge >= 0.3 is 0 Å². The lowest BCUT2D eigenvalue weighted by Gasteiger charge is -2.22. The quantitative estimate of drug-likeness (QED) is 0.812. The molecule has 0 saturated carbocycles. The number of benzene rings is 1. The molecule has 0 aromatic heterocycles. The first-order chi connectivity index (χ1) is 9.35. The fourth-order valence-corrected chi connectivity index (χ4v) is 3.84. The topological polar surface area (TPSA) is 72.2 Å². The molecule has 3 N–H and O–H groups in total. The Labute approximate surface area is 126 Å². The standard InChI is InChI=1S/C14H23ClN2O2S/c1-4-11(5-2)10(3)17-20(18,19)13-6-7-14(15)12(8-13)9-16/h6-8,10-11,17H,4-5,9,16H2,1-3H3. The average Bonchev–Trinajstić information content (AvgIpc) is 2.39. The van der Waals surface area contributed by atoms with Crippen LogP contribution in [0.15, 0.2) is 23.1 Å². The third-order valence-corrected chi connectivity index (χ3v) is 5.57.